The molecule has 0 saturated carbocycles. The van der Waals surface area contributed by atoms with Gasteiger partial charge in [0.1, 0.15) is 0 Å². The summed E-state index contributed by atoms with van der Waals surface area (Å²) in [7, 11) is 0. The lowest BCUT2D eigenvalue weighted by Crippen LogP contribution is -2.26. The van der Waals surface area contributed by atoms with Crippen molar-refractivity contribution in [3.8, 4) is 0 Å². The van der Waals surface area contributed by atoms with Gasteiger partial charge < -0.3 is 9.88 Å². The zero-order valence-electron chi connectivity index (χ0n) is 8.70. The molecule has 0 saturated heterocycles. The molecule has 0 atom stereocenters. The van der Waals surface area contributed by atoms with Crippen LogP contribution in [0, 0.1) is 0 Å². The Hall–Kier alpha value is -1.25. The number of aromatic nitrogens is 1. The molecule has 0 radical (unpaired) electrons. The lowest BCUT2D eigenvalue weighted by molar-refractivity contribution is -0.121. The molecule has 78 valence electrons. The quantitative estimate of drug-likeness (QED) is 0.736. The molecule has 0 aliphatic rings. The Kier molecular flexibility index (Phi) is 4.83. The van der Waals surface area contributed by atoms with Crippen molar-refractivity contribution in [2.45, 2.75) is 32.7 Å². The molecule has 14 heavy (non-hydrogen) atoms. The van der Waals surface area contributed by atoms with Crippen molar-refractivity contribution in [1.29, 1.82) is 0 Å². The maximum Gasteiger partial charge on any atom is 0.220 e. The molecule has 0 aliphatic carbocycles. The summed E-state index contributed by atoms with van der Waals surface area (Å²) in [5.74, 6) is 0.166. The zero-order chi connectivity index (χ0) is 10.2. The van der Waals surface area contributed by atoms with E-state index < -0.39 is 0 Å². The second kappa shape index (κ2) is 6.24. The standard InChI is InChI=1S/C11H18N2O/c1-2-3-6-11(14)12-7-10-13-8-4-5-9-13/h4-5,8-9H,2-3,6-7,10H2,1H3,(H,12,14). The molecule has 0 aromatic carbocycles. The van der Waals surface area contributed by atoms with E-state index in [-0.39, 0.29) is 5.91 Å². The SMILES string of the molecule is CCCCC(=O)NCCn1cccc1. The summed E-state index contributed by atoms with van der Waals surface area (Å²) in [6, 6.07) is 3.97. The molecular formula is C11H18N2O. The molecule has 0 unspecified atom stereocenters. The van der Waals surface area contributed by atoms with Crippen molar-refractivity contribution < 1.29 is 4.79 Å². The van der Waals surface area contributed by atoms with Gasteiger partial charge in [-0.15, -0.1) is 0 Å². The van der Waals surface area contributed by atoms with Gasteiger partial charge in [0, 0.05) is 31.9 Å². The average molecular weight is 194 g/mol. The lowest BCUT2D eigenvalue weighted by atomic mass is 10.2. The second-order valence-electron chi connectivity index (χ2n) is 3.37. The van der Waals surface area contributed by atoms with Crippen LogP contribution in [-0.4, -0.2) is 17.0 Å². The highest BCUT2D eigenvalue weighted by atomic mass is 16.1. The fraction of sp³-hybridized carbons (Fsp3) is 0.545. The maximum atomic E-state index is 11.2. The van der Waals surface area contributed by atoms with Crippen LogP contribution in [-0.2, 0) is 11.3 Å². The Balaban J connectivity index is 2.06. The van der Waals surface area contributed by atoms with Crippen LogP contribution in [0.4, 0.5) is 0 Å². The fourth-order valence-corrected chi connectivity index (χ4v) is 1.27. The summed E-state index contributed by atoms with van der Waals surface area (Å²) in [4.78, 5) is 11.2. The van der Waals surface area contributed by atoms with Gasteiger partial charge in [0.2, 0.25) is 5.91 Å². The average Bonchev–Trinajstić information content (AvgIpc) is 2.67. The first-order valence-corrected chi connectivity index (χ1v) is 5.20. The minimum Gasteiger partial charge on any atom is -0.354 e. The summed E-state index contributed by atoms with van der Waals surface area (Å²) in [6.45, 7) is 3.66. The van der Waals surface area contributed by atoms with Gasteiger partial charge in [-0.3, -0.25) is 4.79 Å². The van der Waals surface area contributed by atoms with Gasteiger partial charge in [-0.2, -0.15) is 0 Å². The van der Waals surface area contributed by atoms with Crippen LogP contribution in [0.5, 0.6) is 0 Å². The smallest absolute Gasteiger partial charge is 0.220 e. The summed E-state index contributed by atoms with van der Waals surface area (Å²) in [5.41, 5.74) is 0. The first kappa shape index (κ1) is 10.8. The first-order chi connectivity index (χ1) is 6.83. The van der Waals surface area contributed by atoms with E-state index in [1.807, 2.05) is 24.5 Å². The Morgan fingerprint density at radius 3 is 2.71 bits per heavy atom. The molecule has 1 amide bonds. The Morgan fingerprint density at radius 1 is 1.36 bits per heavy atom. The summed E-state index contributed by atoms with van der Waals surface area (Å²) in [6.07, 6.45) is 6.71. The molecule has 3 heteroatoms. The molecular weight excluding hydrogens is 176 g/mol. The molecule has 1 aromatic heterocycles. The van der Waals surface area contributed by atoms with Crippen LogP contribution in [0.25, 0.3) is 0 Å². The van der Waals surface area contributed by atoms with Crippen molar-refractivity contribution in [1.82, 2.24) is 9.88 Å². The van der Waals surface area contributed by atoms with Gasteiger partial charge >= 0.3 is 0 Å². The lowest BCUT2D eigenvalue weighted by Gasteiger charge is -2.05. The third kappa shape index (κ3) is 4.12. The number of amides is 1. The van der Waals surface area contributed by atoms with E-state index in [4.69, 9.17) is 0 Å². The third-order valence-electron chi connectivity index (χ3n) is 2.12. The zero-order valence-corrected chi connectivity index (χ0v) is 8.70. The van der Waals surface area contributed by atoms with Crippen molar-refractivity contribution in [3.05, 3.63) is 24.5 Å². The van der Waals surface area contributed by atoms with Crippen LogP contribution in [0.15, 0.2) is 24.5 Å². The van der Waals surface area contributed by atoms with Crippen LogP contribution >= 0.6 is 0 Å². The molecule has 3 nitrogen and oxygen atoms in total. The highest BCUT2D eigenvalue weighted by Gasteiger charge is 1.98. The van der Waals surface area contributed by atoms with Gasteiger partial charge in [0.15, 0.2) is 0 Å². The largest absolute Gasteiger partial charge is 0.354 e. The van der Waals surface area contributed by atoms with Crippen LogP contribution in [0.1, 0.15) is 26.2 Å². The second-order valence-corrected chi connectivity index (χ2v) is 3.37. The van der Waals surface area contributed by atoms with Crippen LogP contribution < -0.4 is 5.32 Å². The molecule has 1 aromatic rings. The molecule has 1 N–H and O–H groups in total. The van der Waals surface area contributed by atoms with Crippen LogP contribution in [0.3, 0.4) is 0 Å². The monoisotopic (exact) mass is 194 g/mol. The van der Waals surface area contributed by atoms with Gasteiger partial charge in [0.25, 0.3) is 0 Å². The third-order valence-corrected chi connectivity index (χ3v) is 2.12. The van der Waals surface area contributed by atoms with Crippen LogP contribution in [0.2, 0.25) is 0 Å². The number of unbranched alkanes of at least 4 members (excludes halogenated alkanes) is 1. The number of rotatable bonds is 6. The minimum absolute atomic E-state index is 0.166. The predicted molar refractivity (Wildman–Crippen MR) is 57.0 cm³/mol. The number of carbonyl (C=O) groups excluding carboxylic acids is 1. The molecule has 0 aliphatic heterocycles. The van der Waals surface area contributed by atoms with Crippen molar-refractivity contribution in [3.63, 3.8) is 0 Å². The maximum absolute atomic E-state index is 11.2. The topological polar surface area (TPSA) is 34.0 Å². The van der Waals surface area contributed by atoms with Gasteiger partial charge in [-0.05, 0) is 18.6 Å². The van der Waals surface area contributed by atoms with E-state index in [2.05, 4.69) is 16.8 Å². The fourth-order valence-electron chi connectivity index (χ4n) is 1.27. The van der Waals surface area contributed by atoms with E-state index in [1.165, 1.54) is 0 Å². The predicted octanol–water partition coefficient (Wildman–Crippen LogP) is 1.79. The minimum atomic E-state index is 0.166. The van der Waals surface area contributed by atoms with E-state index in [0.29, 0.717) is 6.42 Å². The first-order valence-electron chi connectivity index (χ1n) is 5.20. The normalized spacial score (nSPS) is 10.1. The number of hydrogen-bond donors (Lipinski definition) is 1. The van der Waals surface area contributed by atoms with Crippen molar-refractivity contribution in [2.24, 2.45) is 0 Å². The van der Waals surface area contributed by atoms with Gasteiger partial charge in [-0.1, -0.05) is 13.3 Å². The number of hydrogen-bond acceptors (Lipinski definition) is 1. The summed E-state index contributed by atoms with van der Waals surface area (Å²) < 4.78 is 2.06. The molecule has 1 rings (SSSR count). The van der Waals surface area contributed by atoms with Gasteiger partial charge in [-0.25, -0.2) is 0 Å². The van der Waals surface area contributed by atoms with E-state index >= 15 is 0 Å². The van der Waals surface area contributed by atoms with Crippen molar-refractivity contribution >= 4 is 5.91 Å². The number of nitrogens with zero attached hydrogens (tertiary/aromatic N) is 1. The van der Waals surface area contributed by atoms with E-state index in [1.54, 1.807) is 0 Å². The summed E-state index contributed by atoms with van der Waals surface area (Å²) in [5, 5.41) is 2.90. The van der Waals surface area contributed by atoms with Crippen molar-refractivity contribution in [2.75, 3.05) is 6.54 Å². The van der Waals surface area contributed by atoms with E-state index in [0.717, 1.165) is 25.9 Å². The highest BCUT2D eigenvalue weighted by Crippen LogP contribution is 1.93. The molecule has 1 heterocycles. The Labute approximate surface area is 85.1 Å². The number of nitrogens with one attached hydrogen (secondary N) is 1. The van der Waals surface area contributed by atoms with Gasteiger partial charge in [0.05, 0.1) is 0 Å². The number of carbonyl (C=O) groups is 1. The Bertz CT molecular complexity index is 254. The molecule has 0 fully saturated rings. The highest BCUT2D eigenvalue weighted by molar-refractivity contribution is 5.75. The van der Waals surface area contributed by atoms with E-state index in [9.17, 15) is 4.79 Å². The molecule has 0 spiro atoms. The summed E-state index contributed by atoms with van der Waals surface area (Å²) >= 11 is 0. The Morgan fingerprint density at radius 2 is 2.07 bits per heavy atom. The molecule has 0 bridgehead atoms.